The van der Waals surface area contributed by atoms with Gasteiger partial charge < -0.3 is 0 Å². The van der Waals surface area contributed by atoms with Crippen LogP contribution in [0.3, 0.4) is 0 Å². The van der Waals surface area contributed by atoms with Gasteiger partial charge in [0.1, 0.15) is 41.1 Å². The number of hydrogen-bond donors (Lipinski definition) is 0. The van der Waals surface area contributed by atoms with Crippen LogP contribution in [0, 0.1) is 94.9 Å². The summed E-state index contributed by atoms with van der Waals surface area (Å²) in [6.07, 6.45) is 0.709. The van der Waals surface area contributed by atoms with Gasteiger partial charge >= 0.3 is 0 Å². The Morgan fingerprint density at radius 3 is 1.91 bits per heavy atom. The third kappa shape index (κ3) is 4.05. The van der Waals surface area contributed by atoms with Gasteiger partial charge in [-0.25, -0.2) is 52.4 Å². The Hall–Kier alpha value is -7.81. The van der Waals surface area contributed by atoms with Gasteiger partial charge in [0, 0.05) is 39.0 Å². The van der Waals surface area contributed by atoms with Crippen molar-refractivity contribution in [1.82, 2.24) is 4.98 Å². The van der Waals surface area contributed by atoms with E-state index in [0.717, 1.165) is 12.1 Å². The fourth-order valence-corrected chi connectivity index (χ4v) is 5.33. The van der Waals surface area contributed by atoms with Crippen molar-refractivity contribution in [3.63, 3.8) is 0 Å². The van der Waals surface area contributed by atoms with E-state index in [0.29, 0.717) is 18.3 Å². The van der Waals surface area contributed by atoms with Gasteiger partial charge in [-0.15, -0.1) is 0 Å². The Balaban J connectivity index is 2.02. The molecule has 13 heteroatoms. The number of rotatable bonds is 2. The predicted octanol–water partition coefficient (Wildman–Crippen LogP) is 7.62. The molecular formula is C33H5F4N9. The second-order valence-electron chi connectivity index (χ2n) is 9.18. The first-order chi connectivity index (χ1) is 22.1. The van der Waals surface area contributed by atoms with E-state index in [1.807, 2.05) is 6.07 Å². The smallest absolute Gasteiger partial charge is 0.242 e. The highest BCUT2D eigenvalue weighted by Gasteiger charge is 2.41. The summed E-state index contributed by atoms with van der Waals surface area (Å²) >= 11 is 0. The molecule has 0 aliphatic heterocycles. The maximum atomic E-state index is 17.0. The van der Waals surface area contributed by atoms with Gasteiger partial charge in [0.05, 0.1) is 50.2 Å². The Kier molecular flexibility index (Phi) is 7.17. The fraction of sp³-hybridized carbons (Fsp3) is 0. The van der Waals surface area contributed by atoms with Crippen molar-refractivity contribution >= 4 is 39.2 Å². The molecule has 2 aromatic carbocycles. The van der Waals surface area contributed by atoms with Crippen LogP contribution in [0.5, 0.6) is 0 Å². The van der Waals surface area contributed by atoms with E-state index in [4.69, 9.17) is 26.3 Å². The Bertz CT molecular complexity index is 2460. The standard InChI is InChI=1S/C33H5F4N9/c1-42-22-8-20(35)16(7-21(22)36)29-27(24(11-40)43-2)18-6-15-19(9-38)26(17-5-14(34)13-46-23(17)10-39)31(25(12-41)44-3)28(15)32(37)30(18)33(29)45-4/h5-8,13H/b27-24-,31-25-. The number of nitriles is 4. The molecule has 0 fully saturated rings. The van der Waals surface area contributed by atoms with Crippen LogP contribution in [0.15, 0.2) is 41.9 Å². The molecule has 210 valence electrons. The molecule has 0 bridgehead atoms. The zero-order valence-electron chi connectivity index (χ0n) is 22.4. The first kappa shape index (κ1) is 29.7. The molecule has 0 radical (unpaired) electrons. The lowest BCUT2D eigenvalue weighted by Crippen LogP contribution is -2.01. The molecule has 0 atom stereocenters. The summed E-state index contributed by atoms with van der Waals surface area (Å²) in [7, 11) is 0. The SMILES string of the molecule is [C-]#[N+]C1=C(c2cc(F)c([N+]#[C-])cc2F)/C(=C(/C#N)[N+]#[C-])c2cc3c(c(F)c21)/C(=C(/C#N)[N+]#[C-])C(c1cc(F)cnc1C#N)=C3C#N. The molecule has 0 amide bonds. The van der Waals surface area contributed by atoms with Crippen LogP contribution in [-0.4, -0.2) is 4.98 Å². The van der Waals surface area contributed by atoms with Gasteiger partial charge in [0.25, 0.3) is 11.4 Å². The van der Waals surface area contributed by atoms with Crippen LogP contribution in [0.2, 0.25) is 0 Å². The normalized spacial score (nSPS) is 14.7. The molecule has 0 N–H and O–H groups in total. The van der Waals surface area contributed by atoms with Gasteiger partial charge in [-0.05, 0) is 41.0 Å². The van der Waals surface area contributed by atoms with Crippen LogP contribution in [0.1, 0.15) is 39.1 Å². The number of pyridine rings is 1. The Morgan fingerprint density at radius 1 is 0.674 bits per heavy atom. The molecule has 0 spiro atoms. The minimum absolute atomic E-state index is 0.325. The number of aromatic nitrogens is 1. The number of fused-ring (bicyclic) bond motifs is 2. The van der Waals surface area contributed by atoms with Crippen LogP contribution < -0.4 is 0 Å². The van der Waals surface area contributed by atoms with Crippen molar-refractivity contribution < 1.29 is 17.6 Å². The zero-order chi connectivity index (χ0) is 33.4. The van der Waals surface area contributed by atoms with Gasteiger partial charge in [-0.3, -0.25) is 0 Å². The summed E-state index contributed by atoms with van der Waals surface area (Å²) in [6, 6.07) is 9.70. The molecule has 2 aliphatic carbocycles. The highest BCUT2D eigenvalue weighted by Crippen LogP contribution is 2.56. The molecule has 0 saturated heterocycles. The summed E-state index contributed by atoms with van der Waals surface area (Å²) in [5.74, 6) is -4.75. The average Bonchev–Trinajstić information content (AvgIpc) is 3.56. The number of benzene rings is 2. The Labute approximate surface area is 256 Å². The van der Waals surface area contributed by atoms with Gasteiger partial charge in [-0.2, -0.15) is 10.5 Å². The number of hydrogen-bond acceptors (Lipinski definition) is 5. The average molecular weight is 603 g/mol. The minimum atomic E-state index is -1.34. The molecule has 1 aromatic heterocycles. The first-order valence-corrected chi connectivity index (χ1v) is 12.3. The quantitative estimate of drug-likeness (QED) is 0.169. The number of nitrogens with zero attached hydrogens (tertiary/aromatic N) is 9. The van der Waals surface area contributed by atoms with Gasteiger partial charge in [-0.1, -0.05) is 0 Å². The van der Waals surface area contributed by atoms with Crippen LogP contribution in [0.25, 0.3) is 52.9 Å². The molecule has 5 rings (SSSR count). The van der Waals surface area contributed by atoms with E-state index in [-0.39, 0.29) is 22.3 Å². The van der Waals surface area contributed by atoms with Crippen molar-refractivity contribution in [2.45, 2.75) is 0 Å². The van der Waals surface area contributed by atoms with E-state index < -0.39 is 90.7 Å². The lowest BCUT2D eigenvalue weighted by molar-refractivity contribution is 0.602. The van der Waals surface area contributed by atoms with Crippen LogP contribution in [0.4, 0.5) is 23.2 Å². The predicted molar refractivity (Wildman–Crippen MR) is 152 cm³/mol. The van der Waals surface area contributed by atoms with E-state index >= 15 is 8.78 Å². The van der Waals surface area contributed by atoms with Crippen molar-refractivity contribution in [2.75, 3.05) is 0 Å². The largest absolute Gasteiger partial charge is 0.270 e. The highest BCUT2D eigenvalue weighted by atomic mass is 19.1. The van der Waals surface area contributed by atoms with Gasteiger partial charge in [0.2, 0.25) is 11.4 Å². The highest BCUT2D eigenvalue weighted by molar-refractivity contribution is 6.29. The summed E-state index contributed by atoms with van der Waals surface area (Å²) in [5, 5.41) is 39.6. The van der Waals surface area contributed by atoms with Gasteiger partial charge in [0.15, 0.2) is 0 Å². The van der Waals surface area contributed by atoms with Crippen molar-refractivity contribution in [3.8, 4) is 24.3 Å². The molecule has 9 nitrogen and oxygen atoms in total. The lowest BCUT2D eigenvalue weighted by atomic mass is 9.91. The second kappa shape index (κ2) is 11.1. The third-order valence-electron chi connectivity index (χ3n) is 7.07. The molecule has 0 saturated carbocycles. The molecule has 46 heavy (non-hydrogen) atoms. The topological polar surface area (TPSA) is 125 Å². The second-order valence-corrected chi connectivity index (χ2v) is 9.18. The third-order valence-corrected chi connectivity index (χ3v) is 7.07. The summed E-state index contributed by atoms with van der Waals surface area (Å²) < 4.78 is 61.5. The van der Waals surface area contributed by atoms with E-state index in [9.17, 15) is 29.8 Å². The van der Waals surface area contributed by atoms with E-state index in [2.05, 4.69) is 24.4 Å². The lowest BCUT2D eigenvalue weighted by Gasteiger charge is -2.14. The van der Waals surface area contributed by atoms with E-state index in [1.165, 1.54) is 0 Å². The first-order valence-electron chi connectivity index (χ1n) is 12.3. The summed E-state index contributed by atoms with van der Waals surface area (Å²) in [5.41, 5.74) is -8.68. The minimum Gasteiger partial charge on any atom is -0.242 e. The summed E-state index contributed by atoms with van der Waals surface area (Å²) in [6.45, 7) is 30.1. The maximum Gasteiger partial charge on any atom is 0.270 e. The molecular weight excluding hydrogens is 598 g/mol. The maximum absolute atomic E-state index is 17.0. The van der Waals surface area contributed by atoms with Crippen molar-refractivity contribution in [2.24, 2.45) is 0 Å². The number of allylic oxidation sites excluding steroid dienone is 7. The van der Waals surface area contributed by atoms with Crippen molar-refractivity contribution in [3.05, 3.63) is 150 Å². The fourth-order valence-electron chi connectivity index (χ4n) is 5.33. The monoisotopic (exact) mass is 603 g/mol. The van der Waals surface area contributed by atoms with Crippen LogP contribution >= 0.6 is 0 Å². The molecule has 2 aliphatic rings. The van der Waals surface area contributed by atoms with Crippen molar-refractivity contribution in [1.29, 1.82) is 21.0 Å². The molecule has 1 heterocycles. The summed E-state index contributed by atoms with van der Waals surface area (Å²) in [4.78, 5) is 16.2. The zero-order valence-corrected chi connectivity index (χ0v) is 22.4. The van der Waals surface area contributed by atoms with Crippen LogP contribution in [-0.2, 0) is 0 Å². The molecule has 3 aromatic rings. The number of halogens is 4. The Morgan fingerprint density at radius 2 is 1.35 bits per heavy atom. The molecule has 0 unspecified atom stereocenters. The van der Waals surface area contributed by atoms with E-state index in [1.54, 1.807) is 18.2 Å².